The Morgan fingerprint density at radius 2 is 2.00 bits per heavy atom. The van der Waals surface area contributed by atoms with Crippen LogP contribution < -0.4 is 10.6 Å². The minimum Gasteiger partial charge on any atom is -0.381 e. The molecule has 0 aliphatic heterocycles. The Hall–Kier alpha value is -0.120. The highest BCUT2D eigenvalue weighted by Crippen LogP contribution is 2.42. The minimum absolute atomic E-state index is 0.284. The fraction of sp³-hybridized carbons (Fsp3) is 1.00. The lowest BCUT2D eigenvalue weighted by atomic mass is 9.64. The molecule has 1 rings (SSSR count). The summed E-state index contributed by atoms with van der Waals surface area (Å²) in [6, 6.07) is 1.18. The lowest BCUT2D eigenvalue weighted by molar-refractivity contribution is -0.0971. The molecule has 3 nitrogen and oxygen atoms in total. The molecule has 0 aromatic heterocycles. The first-order valence-electron chi connectivity index (χ1n) is 5.98. The second kappa shape index (κ2) is 5.28. The molecular weight excluding hydrogens is 188 g/mol. The Morgan fingerprint density at radius 1 is 1.33 bits per heavy atom. The van der Waals surface area contributed by atoms with Gasteiger partial charge in [0.2, 0.25) is 0 Å². The predicted molar refractivity (Wildman–Crippen MR) is 64.1 cm³/mol. The van der Waals surface area contributed by atoms with Crippen LogP contribution in [0.4, 0.5) is 0 Å². The van der Waals surface area contributed by atoms with E-state index in [9.17, 15) is 0 Å². The van der Waals surface area contributed by atoms with Gasteiger partial charge in [-0.1, -0.05) is 27.7 Å². The quantitative estimate of drug-likeness (QED) is 0.656. The molecule has 0 bridgehead atoms. The van der Waals surface area contributed by atoms with Crippen molar-refractivity contribution in [3.63, 3.8) is 0 Å². The summed E-state index contributed by atoms with van der Waals surface area (Å²) >= 11 is 0. The Bertz CT molecular complexity index is 192. The molecule has 0 heterocycles. The van der Waals surface area contributed by atoms with Crippen LogP contribution in [0.1, 0.15) is 34.1 Å². The predicted octanol–water partition coefficient (Wildman–Crippen LogP) is 1.39. The summed E-state index contributed by atoms with van der Waals surface area (Å²) in [6.45, 7) is 11.0. The van der Waals surface area contributed by atoms with Gasteiger partial charge in [0.05, 0.1) is 6.10 Å². The van der Waals surface area contributed by atoms with Gasteiger partial charge in [-0.05, 0) is 6.42 Å². The minimum atomic E-state index is 0.284. The summed E-state index contributed by atoms with van der Waals surface area (Å²) in [6.07, 6.45) is 1.57. The molecule has 15 heavy (non-hydrogen) atoms. The molecule has 0 aromatic carbocycles. The zero-order valence-electron chi connectivity index (χ0n) is 10.8. The van der Waals surface area contributed by atoms with Gasteiger partial charge < -0.3 is 15.4 Å². The average molecular weight is 214 g/mol. The maximum Gasteiger partial charge on any atom is 0.0652 e. The van der Waals surface area contributed by atoms with E-state index in [-0.39, 0.29) is 5.41 Å². The summed E-state index contributed by atoms with van der Waals surface area (Å²) in [5.74, 6) is 0. The molecule has 0 spiro atoms. The van der Waals surface area contributed by atoms with Crippen molar-refractivity contribution in [2.75, 3.05) is 20.2 Å². The normalized spacial score (nSPS) is 29.2. The molecule has 2 unspecified atom stereocenters. The second-order valence-electron chi connectivity index (χ2n) is 5.40. The topological polar surface area (TPSA) is 33.3 Å². The number of hydrogen-bond donors (Lipinski definition) is 2. The summed E-state index contributed by atoms with van der Waals surface area (Å²) in [7, 11) is 1.81. The lowest BCUT2D eigenvalue weighted by Gasteiger charge is -2.51. The van der Waals surface area contributed by atoms with Gasteiger partial charge in [0.25, 0.3) is 0 Å². The first kappa shape index (κ1) is 12.9. The maximum absolute atomic E-state index is 5.42. The van der Waals surface area contributed by atoms with Gasteiger partial charge in [0, 0.05) is 37.7 Å². The van der Waals surface area contributed by atoms with Gasteiger partial charge in [0.1, 0.15) is 0 Å². The maximum atomic E-state index is 5.42. The zero-order valence-corrected chi connectivity index (χ0v) is 10.8. The Labute approximate surface area is 94.0 Å². The van der Waals surface area contributed by atoms with E-state index in [2.05, 4.69) is 38.3 Å². The fourth-order valence-electron chi connectivity index (χ4n) is 2.24. The highest BCUT2D eigenvalue weighted by Gasteiger charge is 2.47. The largest absolute Gasteiger partial charge is 0.381 e. The molecule has 0 amide bonds. The third-order valence-corrected chi connectivity index (χ3v) is 3.53. The van der Waals surface area contributed by atoms with Crippen molar-refractivity contribution in [2.45, 2.75) is 52.3 Å². The Morgan fingerprint density at radius 3 is 2.47 bits per heavy atom. The molecule has 1 fully saturated rings. The second-order valence-corrected chi connectivity index (χ2v) is 5.40. The van der Waals surface area contributed by atoms with Gasteiger partial charge in [-0.25, -0.2) is 0 Å². The van der Waals surface area contributed by atoms with Gasteiger partial charge in [0.15, 0.2) is 0 Å². The van der Waals surface area contributed by atoms with Crippen LogP contribution in [0.3, 0.4) is 0 Å². The molecule has 1 aliphatic rings. The van der Waals surface area contributed by atoms with E-state index < -0.39 is 0 Å². The zero-order chi connectivity index (χ0) is 11.5. The molecular formula is C12H26N2O. The summed E-state index contributed by atoms with van der Waals surface area (Å²) < 4.78 is 5.42. The van der Waals surface area contributed by atoms with E-state index in [1.54, 1.807) is 0 Å². The van der Waals surface area contributed by atoms with Crippen molar-refractivity contribution in [1.29, 1.82) is 0 Å². The smallest absolute Gasteiger partial charge is 0.0652 e. The molecule has 2 atom stereocenters. The molecule has 90 valence electrons. The van der Waals surface area contributed by atoms with Gasteiger partial charge in [-0.15, -0.1) is 0 Å². The number of nitrogens with one attached hydrogen (secondary N) is 2. The van der Waals surface area contributed by atoms with Crippen molar-refractivity contribution in [3.8, 4) is 0 Å². The molecule has 3 heteroatoms. The molecule has 0 radical (unpaired) electrons. The van der Waals surface area contributed by atoms with Crippen LogP contribution >= 0.6 is 0 Å². The molecule has 1 saturated carbocycles. The van der Waals surface area contributed by atoms with E-state index in [4.69, 9.17) is 4.74 Å². The van der Waals surface area contributed by atoms with E-state index in [1.165, 1.54) is 0 Å². The van der Waals surface area contributed by atoms with Crippen LogP contribution in [0.15, 0.2) is 0 Å². The van der Waals surface area contributed by atoms with Crippen LogP contribution in [0.5, 0.6) is 0 Å². The van der Waals surface area contributed by atoms with E-state index in [0.717, 1.165) is 19.5 Å². The lowest BCUT2D eigenvalue weighted by Crippen LogP contribution is -2.61. The van der Waals surface area contributed by atoms with Crippen LogP contribution in [0.25, 0.3) is 0 Å². The van der Waals surface area contributed by atoms with Gasteiger partial charge in [-0.2, -0.15) is 0 Å². The van der Waals surface area contributed by atoms with Crippen molar-refractivity contribution >= 4 is 0 Å². The summed E-state index contributed by atoms with van der Waals surface area (Å²) in [4.78, 5) is 0. The highest BCUT2D eigenvalue weighted by atomic mass is 16.5. The molecule has 0 saturated heterocycles. The van der Waals surface area contributed by atoms with Crippen molar-refractivity contribution in [3.05, 3.63) is 0 Å². The van der Waals surface area contributed by atoms with E-state index >= 15 is 0 Å². The molecule has 0 aromatic rings. The van der Waals surface area contributed by atoms with E-state index in [0.29, 0.717) is 18.2 Å². The van der Waals surface area contributed by atoms with Crippen molar-refractivity contribution < 1.29 is 4.74 Å². The third-order valence-electron chi connectivity index (χ3n) is 3.53. The standard InChI is InChI=1S/C12H26N2O/c1-9(2)13-6-7-14-10-8-11(15-5)12(10,3)4/h9-11,13-14H,6-8H2,1-5H3. The van der Waals surface area contributed by atoms with Crippen LogP contribution in [-0.2, 0) is 4.74 Å². The number of hydrogen-bond acceptors (Lipinski definition) is 3. The summed E-state index contributed by atoms with van der Waals surface area (Å²) in [5, 5.41) is 6.99. The number of methoxy groups -OCH3 is 1. The van der Waals surface area contributed by atoms with E-state index in [1.807, 2.05) is 7.11 Å². The number of rotatable bonds is 6. The fourth-order valence-corrected chi connectivity index (χ4v) is 2.24. The van der Waals surface area contributed by atoms with Gasteiger partial charge >= 0.3 is 0 Å². The SMILES string of the molecule is COC1CC(NCCNC(C)C)C1(C)C. The van der Waals surface area contributed by atoms with Crippen molar-refractivity contribution in [1.82, 2.24) is 10.6 Å². The highest BCUT2D eigenvalue weighted by molar-refractivity contribution is 5.02. The van der Waals surface area contributed by atoms with Crippen molar-refractivity contribution in [2.24, 2.45) is 5.41 Å². The molecule has 1 aliphatic carbocycles. The average Bonchev–Trinajstić information content (AvgIpc) is 2.15. The summed E-state index contributed by atoms with van der Waals surface area (Å²) in [5.41, 5.74) is 0.284. The number of ether oxygens (including phenoxy) is 1. The monoisotopic (exact) mass is 214 g/mol. The Balaban J connectivity index is 2.14. The third kappa shape index (κ3) is 3.16. The Kier molecular flexibility index (Phi) is 4.56. The first-order chi connectivity index (χ1) is 6.98. The van der Waals surface area contributed by atoms with Gasteiger partial charge in [-0.3, -0.25) is 0 Å². The van der Waals surface area contributed by atoms with Crippen LogP contribution in [0.2, 0.25) is 0 Å². The van der Waals surface area contributed by atoms with Crippen LogP contribution in [-0.4, -0.2) is 38.4 Å². The molecule has 2 N–H and O–H groups in total. The first-order valence-corrected chi connectivity index (χ1v) is 5.98. The van der Waals surface area contributed by atoms with Crippen LogP contribution in [0, 0.1) is 5.41 Å².